The Hall–Kier alpha value is -2.90. The maximum absolute atomic E-state index is 13.2. The van der Waals surface area contributed by atoms with Gasteiger partial charge in [0.25, 0.3) is 5.91 Å². The Morgan fingerprint density at radius 2 is 1.90 bits per heavy atom. The minimum absolute atomic E-state index is 0.0964. The van der Waals surface area contributed by atoms with Crippen molar-refractivity contribution in [3.63, 3.8) is 0 Å². The van der Waals surface area contributed by atoms with Gasteiger partial charge in [-0.3, -0.25) is 10.2 Å². The Kier molecular flexibility index (Phi) is 7.07. The Bertz CT molecular complexity index is 868. The monoisotopic (exact) mass is 411 g/mol. The van der Waals surface area contributed by atoms with E-state index in [0.717, 1.165) is 11.1 Å². The van der Waals surface area contributed by atoms with Crippen molar-refractivity contribution in [2.24, 2.45) is 4.99 Å². The van der Waals surface area contributed by atoms with Gasteiger partial charge in [0.1, 0.15) is 11.9 Å². The van der Waals surface area contributed by atoms with Gasteiger partial charge in [0.15, 0.2) is 5.54 Å². The van der Waals surface area contributed by atoms with Gasteiger partial charge in [-0.2, -0.15) is 0 Å². The summed E-state index contributed by atoms with van der Waals surface area (Å²) in [6.07, 6.45) is 0.576. The molecule has 0 saturated carbocycles. The number of hydrogen-bond donors (Lipinski definition) is 2. The highest BCUT2D eigenvalue weighted by Crippen LogP contribution is 2.32. The van der Waals surface area contributed by atoms with Gasteiger partial charge < -0.3 is 14.6 Å². The zero-order valence-electron chi connectivity index (χ0n) is 17.7. The minimum Gasteiger partial charge on any atom is -0.494 e. The van der Waals surface area contributed by atoms with Crippen LogP contribution < -0.4 is 10.2 Å². The van der Waals surface area contributed by atoms with Crippen molar-refractivity contribution in [2.75, 3.05) is 27.3 Å². The second kappa shape index (κ2) is 9.73. The van der Waals surface area contributed by atoms with Crippen LogP contribution in [0.3, 0.4) is 0 Å². The predicted octanol–water partition coefficient (Wildman–Crippen LogP) is 2.19. The molecule has 0 radical (unpaired) electrons. The molecule has 0 fully saturated rings. The number of carbonyl (C=O) groups is 1. The highest BCUT2D eigenvalue weighted by Gasteiger charge is 2.50. The van der Waals surface area contributed by atoms with Crippen molar-refractivity contribution in [1.29, 1.82) is 0 Å². The highest BCUT2D eigenvalue weighted by atomic mass is 16.5. The molecule has 2 aromatic rings. The molecule has 0 aliphatic carbocycles. The molecule has 3 rings (SSSR count). The summed E-state index contributed by atoms with van der Waals surface area (Å²) in [7, 11) is 3.55. The topological polar surface area (TPSA) is 83.4 Å². The van der Waals surface area contributed by atoms with Crippen molar-refractivity contribution in [3.05, 3.63) is 65.7 Å². The van der Waals surface area contributed by atoms with Crippen LogP contribution in [-0.2, 0) is 16.0 Å². The molecule has 0 spiro atoms. The van der Waals surface area contributed by atoms with Crippen molar-refractivity contribution in [2.45, 2.75) is 31.4 Å². The summed E-state index contributed by atoms with van der Waals surface area (Å²) in [5, 5.41) is 10.5. The summed E-state index contributed by atoms with van der Waals surface area (Å²) >= 11 is 0. The maximum Gasteiger partial charge on any atom is 0.266 e. The molecule has 1 aliphatic heterocycles. The number of aliphatic imine (C=N–C) groups is 1. The molecule has 0 unspecified atom stereocenters. The lowest BCUT2D eigenvalue weighted by atomic mass is 9.86. The van der Waals surface area contributed by atoms with E-state index in [2.05, 4.69) is 5.43 Å². The molecule has 0 saturated heterocycles. The van der Waals surface area contributed by atoms with Crippen LogP contribution in [-0.4, -0.2) is 60.9 Å². The van der Waals surface area contributed by atoms with Crippen molar-refractivity contribution in [1.82, 2.24) is 10.4 Å². The lowest BCUT2D eigenvalue weighted by Crippen LogP contribution is -2.55. The van der Waals surface area contributed by atoms with Crippen molar-refractivity contribution >= 4 is 11.8 Å². The lowest BCUT2D eigenvalue weighted by molar-refractivity contribution is -0.132. The zero-order chi connectivity index (χ0) is 21.6. The van der Waals surface area contributed by atoms with E-state index in [9.17, 15) is 4.79 Å². The molecule has 1 aliphatic rings. The summed E-state index contributed by atoms with van der Waals surface area (Å²) in [6, 6.07) is 17.2. The maximum atomic E-state index is 13.2. The first-order valence-corrected chi connectivity index (χ1v) is 10.1. The fraction of sp³-hybridized carbons (Fsp3) is 0.391. The van der Waals surface area contributed by atoms with E-state index in [4.69, 9.17) is 19.6 Å². The molecule has 0 aromatic heterocycles. The molecular formula is C23H29N3O4. The summed E-state index contributed by atoms with van der Waals surface area (Å²) in [5.74, 6) is 0.941. The van der Waals surface area contributed by atoms with Crippen molar-refractivity contribution < 1.29 is 19.4 Å². The van der Waals surface area contributed by atoms with Crippen LogP contribution in [0.2, 0.25) is 0 Å². The number of rotatable bonds is 9. The van der Waals surface area contributed by atoms with Crippen LogP contribution in [0.1, 0.15) is 24.5 Å². The number of benzene rings is 2. The first-order valence-electron chi connectivity index (χ1n) is 10.1. The van der Waals surface area contributed by atoms with Gasteiger partial charge in [0.2, 0.25) is 5.90 Å². The molecule has 2 aromatic carbocycles. The summed E-state index contributed by atoms with van der Waals surface area (Å²) in [5.41, 5.74) is 3.58. The van der Waals surface area contributed by atoms with Gasteiger partial charge in [-0.05, 0) is 36.8 Å². The summed E-state index contributed by atoms with van der Waals surface area (Å²) in [6.45, 7) is 2.43. The van der Waals surface area contributed by atoms with E-state index in [1.807, 2.05) is 61.5 Å². The molecule has 0 bridgehead atoms. The summed E-state index contributed by atoms with van der Waals surface area (Å²) in [4.78, 5) is 18.0. The number of nitrogens with one attached hydrogen (secondary N) is 1. The van der Waals surface area contributed by atoms with Gasteiger partial charge in [-0.1, -0.05) is 30.3 Å². The number of ether oxygens (including phenoxy) is 2. The largest absolute Gasteiger partial charge is 0.494 e. The molecule has 2 N–H and O–H groups in total. The molecule has 2 atom stereocenters. The smallest absolute Gasteiger partial charge is 0.266 e. The lowest BCUT2D eigenvalue weighted by Gasteiger charge is -2.29. The number of aliphatic hydroxyl groups is 1. The number of aliphatic hydroxyl groups excluding tert-OH is 1. The number of carbonyl (C=O) groups excluding carboxylic acids is 1. The average Bonchev–Trinajstić information content (AvgIpc) is 3.06. The fourth-order valence-electron chi connectivity index (χ4n) is 3.35. The first-order chi connectivity index (χ1) is 14.4. The van der Waals surface area contributed by atoms with Crippen LogP contribution in [0.15, 0.2) is 59.6 Å². The van der Waals surface area contributed by atoms with E-state index < -0.39 is 11.6 Å². The molecule has 7 heteroatoms. The van der Waals surface area contributed by atoms with Gasteiger partial charge in [-0.15, -0.1) is 0 Å². The van der Waals surface area contributed by atoms with Crippen LogP contribution >= 0.6 is 0 Å². The normalized spacial score (nSPS) is 20.6. The number of amides is 1. The molecule has 7 nitrogen and oxygen atoms in total. The number of hydrazine groups is 1. The third kappa shape index (κ3) is 4.98. The quantitative estimate of drug-likeness (QED) is 0.488. The predicted molar refractivity (Wildman–Crippen MR) is 115 cm³/mol. The van der Waals surface area contributed by atoms with E-state index >= 15 is 0 Å². The standard InChI is InChI=1S/C23H29N3O4/c1-17-23(22(28)25-26(2)3,16-18-8-5-4-6-9-18)24-21(30-17)19-10-12-20(13-11-19)29-15-7-14-27/h4-6,8-13,17,27H,7,14-16H2,1-3H3,(H,25,28)/t17-,23-/m0/s1. The third-order valence-electron chi connectivity index (χ3n) is 4.97. The van der Waals surface area contributed by atoms with Gasteiger partial charge in [0.05, 0.1) is 6.61 Å². The molecule has 30 heavy (non-hydrogen) atoms. The molecule has 160 valence electrons. The Morgan fingerprint density at radius 3 is 2.53 bits per heavy atom. The third-order valence-corrected chi connectivity index (χ3v) is 4.97. The van der Waals surface area contributed by atoms with Crippen molar-refractivity contribution in [3.8, 4) is 5.75 Å². The molecular weight excluding hydrogens is 382 g/mol. The first kappa shape index (κ1) is 21.8. The van der Waals surface area contributed by atoms with Crippen LogP contribution in [0.25, 0.3) is 0 Å². The summed E-state index contributed by atoms with van der Waals surface area (Å²) < 4.78 is 11.7. The van der Waals surface area contributed by atoms with E-state index in [1.165, 1.54) is 0 Å². The van der Waals surface area contributed by atoms with Gasteiger partial charge in [-0.25, -0.2) is 10.0 Å². The Morgan fingerprint density at radius 1 is 1.20 bits per heavy atom. The Labute approximate surface area is 177 Å². The second-order valence-electron chi connectivity index (χ2n) is 7.55. The van der Waals surface area contributed by atoms with Gasteiger partial charge >= 0.3 is 0 Å². The minimum atomic E-state index is -1.07. The van der Waals surface area contributed by atoms with Crippen LogP contribution in [0, 0.1) is 0 Å². The number of nitrogens with zero attached hydrogens (tertiary/aromatic N) is 2. The number of hydrogen-bond acceptors (Lipinski definition) is 6. The molecule has 1 heterocycles. The second-order valence-corrected chi connectivity index (χ2v) is 7.55. The molecule has 1 amide bonds. The average molecular weight is 412 g/mol. The van der Waals surface area contributed by atoms with E-state index in [1.54, 1.807) is 19.1 Å². The van der Waals surface area contributed by atoms with E-state index in [0.29, 0.717) is 31.1 Å². The zero-order valence-corrected chi connectivity index (χ0v) is 17.7. The van der Waals surface area contributed by atoms with Gasteiger partial charge in [0, 0.05) is 39.1 Å². The highest BCUT2D eigenvalue weighted by molar-refractivity contribution is 6.00. The van der Waals surface area contributed by atoms with Crippen LogP contribution in [0.5, 0.6) is 5.75 Å². The fourth-order valence-corrected chi connectivity index (χ4v) is 3.35. The van der Waals surface area contributed by atoms with E-state index in [-0.39, 0.29) is 12.5 Å². The SMILES string of the molecule is C[C@@H]1OC(c2ccc(OCCCO)cc2)=N[C@]1(Cc1ccccc1)C(=O)NN(C)C. The Balaban J connectivity index is 1.88. The van der Waals surface area contributed by atoms with Crippen LogP contribution in [0.4, 0.5) is 0 Å².